The molecule has 1 fully saturated rings. The van der Waals surface area contributed by atoms with Crippen molar-refractivity contribution >= 4 is 17.8 Å². The van der Waals surface area contributed by atoms with E-state index in [2.05, 4.69) is 5.32 Å². The van der Waals surface area contributed by atoms with Gasteiger partial charge in [-0.1, -0.05) is 30.3 Å². The van der Waals surface area contributed by atoms with Gasteiger partial charge in [-0.05, 0) is 49.6 Å². The first-order valence-corrected chi connectivity index (χ1v) is 10.7. The van der Waals surface area contributed by atoms with E-state index < -0.39 is 47.9 Å². The van der Waals surface area contributed by atoms with Crippen molar-refractivity contribution in [3.05, 3.63) is 66.0 Å². The first-order valence-electron chi connectivity index (χ1n) is 10.7. The lowest BCUT2D eigenvalue weighted by Gasteiger charge is -2.27. The number of rotatable bonds is 10. The topological polar surface area (TPSA) is 116 Å². The van der Waals surface area contributed by atoms with Gasteiger partial charge in [0, 0.05) is 6.42 Å². The number of carbonyl (C=O) groups is 3. The Hall–Kier alpha value is -3.46. The fourth-order valence-corrected chi connectivity index (χ4v) is 3.92. The molecule has 1 aliphatic heterocycles. The first-order chi connectivity index (χ1) is 15.7. The van der Waals surface area contributed by atoms with Gasteiger partial charge in [-0.15, -0.1) is 0 Å². The number of likely N-dealkylation sites (tertiary alicyclic amines) is 1. The van der Waals surface area contributed by atoms with Crippen LogP contribution >= 0.6 is 0 Å². The number of carbonyl (C=O) groups excluding carboxylic acids is 1. The molecule has 0 spiro atoms. The monoisotopic (exact) mass is 458 g/mol. The zero-order valence-electron chi connectivity index (χ0n) is 18.2. The van der Waals surface area contributed by atoms with Gasteiger partial charge >= 0.3 is 11.9 Å². The lowest BCUT2D eigenvalue weighted by molar-refractivity contribution is -0.149. The summed E-state index contributed by atoms with van der Waals surface area (Å²) in [5.74, 6) is -2.82. The third-order valence-corrected chi connectivity index (χ3v) is 5.63. The summed E-state index contributed by atoms with van der Waals surface area (Å²) < 4.78 is 18.8. The summed E-state index contributed by atoms with van der Waals surface area (Å²) in [5.41, 5.74) is 0.982. The Bertz CT molecular complexity index is 969. The second kappa shape index (κ2) is 10.9. The predicted molar refractivity (Wildman–Crippen MR) is 117 cm³/mol. The average Bonchev–Trinajstić information content (AvgIpc) is 3.22. The summed E-state index contributed by atoms with van der Waals surface area (Å²) in [6.07, 6.45) is 0.277. The molecule has 3 rings (SSSR count). The summed E-state index contributed by atoms with van der Waals surface area (Å²) in [4.78, 5) is 37.7. The maximum atomic E-state index is 13.1. The van der Waals surface area contributed by atoms with Crippen LogP contribution in [0.25, 0.3) is 0 Å². The van der Waals surface area contributed by atoms with E-state index >= 15 is 0 Å². The van der Waals surface area contributed by atoms with E-state index in [-0.39, 0.29) is 19.4 Å². The highest BCUT2D eigenvalue weighted by Crippen LogP contribution is 2.24. The molecule has 1 heterocycles. The van der Waals surface area contributed by atoms with Gasteiger partial charge < -0.3 is 19.8 Å². The number of halogens is 1. The summed E-state index contributed by atoms with van der Waals surface area (Å²) in [5, 5.41) is 22.0. The molecule has 33 heavy (non-hydrogen) atoms. The quantitative estimate of drug-likeness (QED) is 0.500. The van der Waals surface area contributed by atoms with Crippen LogP contribution in [0.3, 0.4) is 0 Å². The van der Waals surface area contributed by atoms with Crippen LogP contribution in [0.15, 0.2) is 54.6 Å². The van der Waals surface area contributed by atoms with Gasteiger partial charge in [-0.25, -0.2) is 9.18 Å². The molecule has 2 aromatic carbocycles. The van der Waals surface area contributed by atoms with Crippen molar-refractivity contribution in [1.82, 2.24) is 10.2 Å². The highest BCUT2D eigenvalue weighted by molar-refractivity contribution is 5.88. The maximum absolute atomic E-state index is 13.1. The van der Waals surface area contributed by atoms with Crippen LogP contribution < -0.4 is 10.1 Å². The number of nitrogens with zero attached hydrogens (tertiary/aromatic N) is 1. The van der Waals surface area contributed by atoms with E-state index in [1.807, 2.05) is 30.3 Å². The van der Waals surface area contributed by atoms with E-state index in [0.717, 1.165) is 5.56 Å². The molecule has 0 saturated carbocycles. The molecule has 3 N–H and O–H groups in total. The molecular weight excluding hydrogens is 431 g/mol. The molecular formula is C24H27FN2O6. The number of aryl methyl sites for hydroxylation is 1. The standard InChI is InChI=1S/C24H27FN2O6/c1-15(26-20(23(29)30)12-7-16-5-3-2-4-6-16)22(28)27-14-19(13-21(27)24(31)32)33-18-10-8-17(25)9-11-18/h2-6,8-11,15,19-21,26H,7,12-14H2,1H3,(H,29,30)(H,31,32)/t15-,19-,20-,21-/m0/s1. The number of amides is 1. The molecule has 0 aliphatic carbocycles. The first kappa shape index (κ1) is 24.2. The zero-order chi connectivity index (χ0) is 24.0. The Balaban J connectivity index is 1.62. The largest absolute Gasteiger partial charge is 0.488 e. The van der Waals surface area contributed by atoms with Crippen LogP contribution in [-0.4, -0.2) is 63.7 Å². The van der Waals surface area contributed by atoms with Gasteiger partial charge in [0.15, 0.2) is 0 Å². The lowest BCUT2D eigenvalue weighted by atomic mass is 10.0. The van der Waals surface area contributed by atoms with Crippen molar-refractivity contribution in [3.63, 3.8) is 0 Å². The number of nitrogens with one attached hydrogen (secondary N) is 1. The highest BCUT2D eigenvalue weighted by Gasteiger charge is 2.42. The Labute approximate surface area is 191 Å². The number of carboxylic acid groups (broad SMARTS) is 2. The van der Waals surface area contributed by atoms with Gasteiger partial charge in [0.2, 0.25) is 5.91 Å². The normalized spacial score (nSPS) is 19.6. The molecule has 1 amide bonds. The van der Waals surface area contributed by atoms with E-state index in [9.17, 15) is 29.0 Å². The third-order valence-electron chi connectivity index (χ3n) is 5.63. The number of hydrogen-bond donors (Lipinski definition) is 3. The van der Waals surface area contributed by atoms with Gasteiger partial charge in [0.25, 0.3) is 0 Å². The van der Waals surface area contributed by atoms with E-state index in [1.54, 1.807) is 0 Å². The number of carboxylic acids is 2. The third kappa shape index (κ3) is 6.52. The molecule has 0 unspecified atom stereocenters. The molecule has 4 atom stereocenters. The number of ether oxygens (including phenoxy) is 1. The summed E-state index contributed by atoms with van der Waals surface area (Å²) in [6.45, 7) is 1.55. The fraction of sp³-hybridized carbons (Fsp3) is 0.375. The number of aliphatic carboxylic acids is 2. The summed E-state index contributed by atoms with van der Waals surface area (Å²) in [6, 6.07) is 11.8. The van der Waals surface area contributed by atoms with E-state index in [1.165, 1.54) is 36.1 Å². The second-order valence-corrected chi connectivity index (χ2v) is 8.08. The van der Waals surface area contributed by atoms with Gasteiger partial charge in [-0.3, -0.25) is 14.9 Å². The maximum Gasteiger partial charge on any atom is 0.326 e. The van der Waals surface area contributed by atoms with Crippen LogP contribution in [0.2, 0.25) is 0 Å². The minimum absolute atomic E-state index is 0.0287. The highest BCUT2D eigenvalue weighted by atomic mass is 19.1. The van der Waals surface area contributed by atoms with Crippen molar-refractivity contribution in [2.75, 3.05) is 6.54 Å². The van der Waals surface area contributed by atoms with Gasteiger partial charge in [-0.2, -0.15) is 0 Å². The molecule has 0 aromatic heterocycles. The van der Waals surface area contributed by atoms with Crippen LogP contribution in [0.1, 0.15) is 25.3 Å². The summed E-state index contributed by atoms with van der Waals surface area (Å²) in [7, 11) is 0. The molecule has 1 saturated heterocycles. The van der Waals surface area contributed by atoms with Crippen LogP contribution in [0.5, 0.6) is 5.75 Å². The molecule has 0 radical (unpaired) electrons. The smallest absolute Gasteiger partial charge is 0.326 e. The van der Waals surface area contributed by atoms with Gasteiger partial charge in [0.1, 0.15) is 29.8 Å². The van der Waals surface area contributed by atoms with Crippen molar-refractivity contribution in [3.8, 4) is 5.75 Å². The predicted octanol–water partition coefficient (Wildman–Crippen LogP) is 2.32. The van der Waals surface area contributed by atoms with Crippen LogP contribution in [-0.2, 0) is 20.8 Å². The minimum Gasteiger partial charge on any atom is -0.488 e. The SMILES string of the molecule is C[C@H](N[C@@H](CCc1ccccc1)C(=O)O)C(=O)N1C[C@@H](Oc2ccc(F)cc2)C[C@H]1C(=O)O. The van der Waals surface area contributed by atoms with E-state index in [0.29, 0.717) is 12.2 Å². The molecule has 9 heteroatoms. The lowest BCUT2D eigenvalue weighted by Crippen LogP contribution is -2.53. The van der Waals surface area contributed by atoms with Crippen molar-refractivity contribution in [1.29, 1.82) is 0 Å². The molecule has 0 bridgehead atoms. The Morgan fingerprint density at radius 1 is 1.12 bits per heavy atom. The minimum atomic E-state index is -1.17. The van der Waals surface area contributed by atoms with Crippen LogP contribution in [0.4, 0.5) is 4.39 Å². The second-order valence-electron chi connectivity index (χ2n) is 8.08. The summed E-state index contributed by atoms with van der Waals surface area (Å²) >= 11 is 0. The fourth-order valence-electron chi connectivity index (χ4n) is 3.92. The Kier molecular flexibility index (Phi) is 8.00. The van der Waals surface area contributed by atoms with Crippen molar-refractivity contribution in [2.45, 2.75) is 50.4 Å². The van der Waals surface area contributed by atoms with E-state index in [4.69, 9.17) is 4.74 Å². The molecule has 2 aromatic rings. The van der Waals surface area contributed by atoms with Crippen molar-refractivity contribution < 1.29 is 33.7 Å². The van der Waals surface area contributed by atoms with Gasteiger partial charge in [0.05, 0.1) is 12.6 Å². The van der Waals surface area contributed by atoms with Crippen molar-refractivity contribution in [2.24, 2.45) is 0 Å². The zero-order valence-corrected chi connectivity index (χ0v) is 18.2. The van der Waals surface area contributed by atoms with Crippen LogP contribution in [0, 0.1) is 5.82 Å². The Morgan fingerprint density at radius 3 is 2.39 bits per heavy atom. The average molecular weight is 458 g/mol. The number of benzene rings is 2. The Morgan fingerprint density at radius 2 is 1.79 bits per heavy atom. The molecule has 176 valence electrons. The molecule has 8 nitrogen and oxygen atoms in total. The number of hydrogen-bond acceptors (Lipinski definition) is 5. The molecule has 1 aliphatic rings.